The van der Waals surface area contributed by atoms with Gasteiger partial charge in [-0.2, -0.15) is 0 Å². The molecule has 0 aliphatic carbocycles. The van der Waals surface area contributed by atoms with Gasteiger partial charge in [0.1, 0.15) is 5.66 Å². The summed E-state index contributed by atoms with van der Waals surface area (Å²) in [7, 11) is -3.46. The highest BCUT2D eigenvalue weighted by atomic mass is 31.2. The van der Waals surface area contributed by atoms with E-state index in [1.165, 1.54) is 0 Å². The van der Waals surface area contributed by atoms with Crippen LogP contribution in [0.5, 0.6) is 0 Å². The molecule has 0 radical (unpaired) electrons. The predicted octanol–water partition coefficient (Wildman–Crippen LogP) is 7.48. The first-order chi connectivity index (χ1) is 19.2. The van der Waals surface area contributed by atoms with Gasteiger partial charge in [-0.3, -0.25) is 9.36 Å². The van der Waals surface area contributed by atoms with Crippen molar-refractivity contribution in [3.63, 3.8) is 0 Å². The van der Waals surface area contributed by atoms with Crippen molar-refractivity contribution in [2.24, 2.45) is 0 Å². The summed E-state index contributed by atoms with van der Waals surface area (Å²) in [5.74, 6) is -0.513. The molecule has 2 atom stereocenters. The van der Waals surface area contributed by atoms with Gasteiger partial charge >= 0.3 is 0 Å². The van der Waals surface area contributed by atoms with Crippen molar-refractivity contribution >= 4 is 34.6 Å². The zero-order valence-electron chi connectivity index (χ0n) is 21.2. The molecule has 0 saturated carbocycles. The predicted molar refractivity (Wildman–Crippen MR) is 160 cm³/mol. The average molecular weight is 524 g/mol. The van der Waals surface area contributed by atoms with E-state index in [4.69, 9.17) is 0 Å². The summed E-state index contributed by atoms with van der Waals surface area (Å²) in [5.41, 5.74) is 4.05. The first-order valence-corrected chi connectivity index (χ1v) is 15.0. The lowest BCUT2D eigenvalue weighted by atomic mass is 9.89. The Morgan fingerprint density at radius 2 is 1.05 bits per heavy atom. The van der Waals surface area contributed by atoms with Gasteiger partial charge in [0.15, 0.2) is 7.14 Å². The number of fused-ring (bicyclic) bond motifs is 3. The van der Waals surface area contributed by atoms with E-state index in [0.717, 1.165) is 33.3 Å². The van der Waals surface area contributed by atoms with Crippen LogP contribution in [-0.4, -0.2) is 16.1 Å². The molecule has 7 rings (SSSR count). The summed E-state index contributed by atoms with van der Waals surface area (Å²) in [4.78, 5) is 14.8. The third kappa shape index (κ3) is 3.58. The Balaban J connectivity index is 1.60. The van der Waals surface area contributed by atoms with Gasteiger partial charge in [-0.25, -0.2) is 0 Å². The van der Waals surface area contributed by atoms with Gasteiger partial charge in [0.05, 0.1) is 5.52 Å². The SMILES string of the molecule is O=C1[C@H](P(=O)(c2ccccc2)c2ccccc2)[C@@H](c2ccccc2)c2c(-c3ccccc3)c3ccccc3n21. The molecule has 0 spiro atoms. The van der Waals surface area contributed by atoms with Crippen LogP contribution in [-0.2, 0) is 4.57 Å². The maximum atomic E-state index is 15.7. The van der Waals surface area contributed by atoms with E-state index in [1.807, 2.05) is 120 Å². The lowest BCUT2D eigenvalue weighted by Gasteiger charge is -2.29. The average Bonchev–Trinajstić information content (AvgIpc) is 3.51. The third-order valence-electron chi connectivity index (χ3n) is 7.89. The Bertz CT molecular complexity index is 1800. The summed E-state index contributed by atoms with van der Waals surface area (Å²) in [5, 5.41) is 2.43. The summed E-state index contributed by atoms with van der Waals surface area (Å²) < 4.78 is 17.6. The smallest absolute Gasteiger partial charge is 0.243 e. The summed E-state index contributed by atoms with van der Waals surface area (Å²) >= 11 is 0. The van der Waals surface area contributed by atoms with Crippen LogP contribution >= 0.6 is 7.14 Å². The highest BCUT2D eigenvalue weighted by molar-refractivity contribution is 7.80. The standard InChI is InChI=1S/C35H26NO2P/c37-35-34(39(38,27-19-9-3-10-20-27)28-21-11-4-12-22-28)32(26-17-7-2-8-18-26)33-31(25-15-5-1-6-16-25)29-23-13-14-24-30(29)36(33)35/h1-24,32,34H/t32-,34+/m0/s1. The van der Waals surface area contributed by atoms with Gasteiger partial charge in [0, 0.05) is 33.2 Å². The molecular weight excluding hydrogens is 497 g/mol. The molecule has 6 aromatic rings. The molecule has 4 heteroatoms. The van der Waals surface area contributed by atoms with E-state index in [2.05, 4.69) is 30.3 Å². The van der Waals surface area contributed by atoms with Gasteiger partial charge in [0.2, 0.25) is 5.91 Å². The first kappa shape index (κ1) is 23.6. The normalized spacial score (nSPS) is 16.9. The highest BCUT2D eigenvalue weighted by Crippen LogP contribution is 2.60. The molecule has 0 saturated heterocycles. The molecule has 3 nitrogen and oxygen atoms in total. The maximum absolute atomic E-state index is 15.7. The maximum Gasteiger partial charge on any atom is 0.243 e. The van der Waals surface area contributed by atoms with E-state index in [9.17, 15) is 4.79 Å². The Morgan fingerprint density at radius 1 is 0.564 bits per heavy atom. The fourth-order valence-corrected chi connectivity index (χ4v) is 9.59. The number of rotatable bonds is 5. The lowest BCUT2D eigenvalue weighted by Crippen LogP contribution is -2.33. The molecule has 0 unspecified atom stereocenters. The molecule has 1 aliphatic heterocycles. The molecule has 0 bridgehead atoms. The van der Waals surface area contributed by atoms with Crippen LogP contribution in [0.2, 0.25) is 0 Å². The van der Waals surface area contributed by atoms with Crippen LogP contribution in [0.3, 0.4) is 0 Å². The van der Waals surface area contributed by atoms with E-state index in [-0.39, 0.29) is 5.91 Å². The zero-order valence-corrected chi connectivity index (χ0v) is 22.1. The van der Waals surface area contributed by atoms with E-state index >= 15 is 4.57 Å². The first-order valence-electron chi connectivity index (χ1n) is 13.2. The van der Waals surface area contributed by atoms with E-state index in [1.54, 1.807) is 0 Å². The molecule has 5 aromatic carbocycles. The van der Waals surface area contributed by atoms with Crippen molar-refractivity contribution in [3.8, 4) is 11.1 Å². The van der Waals surface area contributed by atoms with Crippen molar-refractivity contribution in [1.82, 2.24) is 4.57 Å². The van der Waals surface area contributed by atoms with Crippen molar-refractivity contribution < 1.29 is 9.36 Å². The highest BCUT2D eigenvalue weighted by Gasteiger charge is 2.54. The summed E-state index contributed by atoms with van der Waals surface area (Å²) in [6, 6.07) is 47.6. The van der Waals surface area contributed by atoms with Crippen LogP contribution in [0.4, 0.5) is 0 Å². The Morgan fingerprint density at radius 3 is 1.64 bits per heavy atom. The quantitative estimate of drug-likeness (QED) is 0.220. The molecule has 1 aliphatic rings. The van der Waals surface area contributed by atoms with Gasteiger partial charge in [-0.1, -0.05) is 140 Å². The lowest BCUT2D eigenvalue weighted by molar-refractivity contribution is 0.0930. The monoisotopic (exact) mass is 523 g/mol. The van der Waals surface area contributed by atoms with Gasteiger partial charge in [-0.15, -0.1) is 0 Å². The molecule has 188 valence electrons. The molecule has 0 fully saturated rings. The van der Waals surface area contributed by atoms with Crippen LogP contribution < -0.4 is 10.6 Å². The van der Waals surface area contributed by atoms with Crippen molar-refractivity contribution in [1.29, 1.82) is 0 Å². The number of hydrogen-bond acceptors (Lipinski definition) is 2. The molecular formula is C35H26NO2P. The number of benzene rings is 5. The minimum absolute atomic E-state index is 0.117. The second-order valence-electron chi connectivity index (χ2n) is 9.98. The number of aromatic nitrogens is 1. The van der Waals surface area contributed by atoms with Gasteiger partial charge in [-0.05, 0) is 17.2 Å². The Kier molecular flexibility index (Phi) is 5.68. The number of hydrogen-bond donors (Lipinski definition) is 0. The molecule has 2 heterocycles. The molecule has 39 heavy (non-hydrogen) atoms. The number of nitrogens with zero attached hydrogens (tertiary/aromatic N) is 1. The second kappa shape index (κ2) is 9.38. The molecule has 0 amide bonds. The Labute approximate surface area is 227 Å². The summed E-state index contributed by atoms with van der Waals surface area (Å²) in [6.07, 6.45) is 0. The van der Waals surface area contributed by atoms with Crippen LogP contribution in [0.25, 0.3) is 22.0 Å². The van der Waals surface area contributed by atoms with Crippen LogP contribution in [0.1, 0.15) is 22.0 Å². The van der Waals surface area contributed by atoms with Crippen LogP contribution in [0, 0.1) is 0 Å². The number of carbonyl (C=O) groups excluding carboxylic acids is 1. The van der Waals surface area contributed by atoms with Gasteiger partial charge < -0.3 is 4.57 Å². The van der Waals surface area contributed by atoms with Crippen molar-refractivity contribution in [2.75, 3.05) is 0 Å². The Hall–Kier alpha value is -4.46. The van der Waals surface area contributed by atoms with Crippen molar-refractivity contribution in [3.05, 3.63) is 157 Å². The second-order valence-corrected chi connectivity index (χ2v) is 12.9. The number of para-hydroxylation sites is 1. The molecule has 0 N–H and O–H groups in total. The summed E-state index contributed by atoms with van der Waals surface area (Å²) in [6.45, 7) is 0. The van der Waals surface area contributed by atoms with Gasteiger partial charge in [0.25, 0.3) is 0 Å². The van der Waals surface area contributed by atoms with Crippen molar-refractivity contribution in [2.45, 2.75) is 11.6 Å². The fourth-order valence-electron chi connectivity index (χ4n) is 6.26. The zero-order chi connectivity index (χ0) is 26.4. The van der Waals surface area contributed by atoms with E-state index < -0.39 is 18.7 Å². The largest absolute Gasteiger partial charge is 0.313 e. The minimum atomic E-state index is -3.46. The van der Waals surface area contributed by atoms with Crippen LogP contribution in [0.15, 0.2) is 146 Å². The topological polar surface area (TPSA) is 39.1 Å². The minimum Gasteiger partial charge on any atom is -0.313 e. The third-order valence-corrected chi connectivity index (χ3v) is 11.3. The number of carbonyl (C=O) groups is 1. The van der Waals surface area contributed by atoms with E-state index in [0.29, 0.717) is 10.6 Å². The fraction of sp³-hybridized carbons (Fsp3) is 0.0571. The molecule has 1 aromatic heterocycles.